The van der Waals surface area contributed by atoms with Gasteiger partial charge in [-0.05, 0) is 5.92 Å². The highest BCUT2D eigenvalue weighted by Crippen LogP contribution is 2.09. The number of carbonyl (C=O) groups excluding carboxylic acids is 2. The number of hydrogen-bond acceptors (Lipinski definition) is 3. The van der Waals surface area contributed by atoms with Crippen molar-refractivity contribution in [3.05, 3.63) is 12.4 Å². The topological polar surface area (TPSA) is 113 Å². The van der Waals surface area contributed by atoms with Crippen LogP contribution in [0, 0.1) is 5.92 Å². The van der Waals surface area contributed by atoms with Gasteiger partial charge in [0.05, 0.1) is 0 Å². The lowest BCUT2D eigenvalue weighted by atomic mass is 9.98. The molecule has 2 atom stereocenters. The Balaban J connectivity index is 2.68. The zero-order valence-corrected chi connectivity index (χ0v) is 9.86. The van der Waals surface area contributed by atoms with E-state index < -0.39 is 12.1 Å². The lowest BCUT2D eigenvalue weighted by Crippen LogP contribution is -2.49. The summed E-state index contributed by atoms with van der Waals surface area (Å²) in [4.78, 5) is 29.4. The van der Waals surface area contributed by atoms with E-state index in [9.17, 15) is 9.59 Å². The van der Waals surface area contributed by atoms with Crippen molar-refractivity contribution in [2.45, 2.75) is 26.3 Å². The molecule has 0 fully saturated rings. The minimum Gasteiger partial charge on any atom is -0.352 e. The maximum atomic E-state index is 11.9. The van der Waals surface area contributed by atoms with Crippen LogP contribution in [0.1, 0.15) is 20.3 Å². The molecular formula is C10H17N5O2. The Kier molecular flexibility index (Phi) is 4.50. The van der Waals surface area contributed by atoms with Gasteiger partial charge in [-0.3, -0.25) is 10.1 Å². The molecule has 5 N–H and O–H groups in total. The third-order valence-electron chi connectivity index (χ3n) is 2.53. The smallest absolute Gasteiger partial charge is 0.312 e. The number of hydrogen-bond donors (Lipinski definition) is 4. The first-order chi connectivity index (χ1) is 8.04. The quantitative estimate of drug-likeness (QED) is 0.597. The number of aromatic nitrogens is 2. The Morgan fingerprint density at radius 2 is 2.29 bits per heavy atom. The maximum Gasteiger partial charge on any atom is 0.312 e. The van der Waals surface area contributed by atoms with E-state index in [0.29, 0.717) is 5.95 Å². The van der Waals surface area contributed by atoms with Crippen molar-refractivity contribution < 1.29 is 9.59 Å². The highest BCUT2D eigenvalue weighted by molar-refractivity contribution is 5.95. The van der Waals surface area contributed by atoms with E-state index in [1.54, 1.807) is 6.20 Å². The van der Waals surface area contributed by atoms with E-state index in [-0.39, 0.29) is 11.8 Å². The first kappa shape index (κ1) is 13.0. The number of aromatic amines is 1. The molecular weight excluding hydrogens is 222 g/mol. The predicted molar refractivity (Wildman–Crippen MR) is 63.2 cm³/mol. The number of urea groups is 1. The number of amides is 3. The average molecular weight is 239 g/mol. The van der Waals surface area contributed by atoms with E-state index in [1.807, 2.05) is 13.8 Å². The summed E-state index contributed by atoms with van der Waals surface area (Å²) in [6, 6.07) is -1.38. The normalized spacial score (nSPS) is 13.8. The zero-order valence-electron chi connectivity index (χ0n) is 9.86. The van der Waals surface area contributed by atoms with E-state index in [4.69, 9.17) is 5.73 Å². The van der Waals surface area contributed by atoms with Crippen LogP contribution < -0.4 is 16.4 Å². The van der Waals surface area contributed by atoms with Crippen molar-refractivity contribution in [2.24, 2.45) is 11.7 Å². The minimum absolute atomic E-state index is 0.0162. The molecule has 7 nitrogen and oxygen atoms in total. The fraction of sp³-hybridized carbons (Fsp3) is 0.500. The van der Waals surface area contributed by atoms with Gasteiger partial charge < -0.3 is 16.0 Å². The van der Waals surface area contributed by atoms with Crippen molar-refractivity contribution in [3.63, 3.8) is 0 Å². The highest BCUT2D eigenvalue weighted by atomic mass is 16.2. The predicted octanol–water partition coefficient (Wildman–Crippen LogP) is 0.431. The van der Waals surface area contributed by atoms with E-state index >= 15 is 0 Å². The summed E-state index contributed by atoms with van der Waals surface area (Å²) in [7, 11) is 0. The van der Waals surface area contributed by atoms with Crippen LogP contribution in [-0.2, 0) is 4.79 Å². The molecule has 0 aliphatic rings. The fourth-order valence-corrected chi connectivity index (χ4v) is 1.38. The first-order valence-corrected chi connectivity index (χ1v) is 5.40. The Morgan fingerprint density at radius 3 is 2.76 bits per heavy atom. The lowest BCUT2D eigenvalue weighted by Gasteiger charge is -2.21. The summed E-state index contributed by atoms with van der Waals surface area (Å²) in [6.45, 7) is 3.79. The second-order valence-electron chi connectivity index (χ2n) is 3.80. The number of primary amides is 1. The van der Waals surface area contributed by atoms with Crippen LogP contribution in [-0.4, -0.2) is 27.9 Å². The van der Waals surface area contributed by atoms with Gasteiger partial charge in [0.25, 0.3) is 0 Å². The summed E-state index contributed by atoms with van der Waals surface area (Å²) in [6.07, 6.45) is 3.86. The molecule has 2 unspecified atom stereocenters. The zero-order chi connectivity index (χ0) is 12.8. The Bertz CT molecular complexity index is 376. The molecule has 1 aromatic heterocycles. The van der Waals surface area contributed by atoms with Gasteiger partial charge in [0.2, 0.25) is 11.9 Å². The van der Waals surface area contributed by atoms with Crippen LogP contribution in [0.3, 0.4) is 0 Å². The molecule has 94 valence electrons. The lowest BCUT2D eigenvalue weighted by molar-refractivity contribution is -0.119. The standard InChI is InChI=1S/C10H17N5O2/c1-3-6(2)7(14-9(11)17)8(16)15-10-12-4-5-13-10/h4-7H,3H2,1-2H3,(H3,11,14,17)(H2,12,13,15,16). The second-order valence-corrected chi connectivity index (χ2v) is 3.80. The molecule has 0 saturated heterocycles. The molecule has 0 aliphatic heterocycles. The number of nitrogens with two attached hydrogens (primary N) is 1. The van der Waals surface area contributed by atoms with Crippen molar-refractivity contribution in [1.29, 1.82) is 0 Å². The number of rotatable bonds is 5. The van der Waals surface area contributed by atoms with Gasteiger partial charge in [-0.15, -0.1) is 0 Å². The third-order valence-corrected chi connectivity index (χ3v) is 2.53. The molecule has 0 aliphatic carbocycles. The number of anilines is 1. The monoisotopic (exact) mass is 239 g/mol. The van der Waals surface area contributed by atoms with Gasteiger partial charge in [-0.25, -0.2) is 9.78 Å². The SMILES string of the molecule is CCC(C)C(NC(N)=O)C(=O)Nc1ncc[nH]1. The molecule has 1 aromatic rings. The van der Waals surface area contributed by atoms with Crippen molar-refractivity contribution in [1.82, 2.24) is 15.3 Å². The number of nitrogens with one attached hydrogen (secondary N) is 3. The molecule has 0 bridgehead atoms. The number of carbonyl (C=O) groups is 2. The van der Waals surface area contributed by atoms with Crippen molar-refractivity contribution in [3.8, 4) is 0 Å². The van der Waals surface area contributed by atoms with E-state index in [0.717, 1.165) is 6.42 Å². The van der Waals surface area contributed by atoms with Gasteiger partial charge >= 0.3 is 6.03 Å². The van der Waals surface area contributed by atoms with Gasteiger partial charge in [0, 0.05) is 12.4 Å². The number of H-pyrrole nitrogens is 1. The van der Waals surface area contributed by atoms with Gasteiger partial charge in [0.1, 0.15) is 6.04 Å². The van der Waals surface area contributed by atoms with Gasteiger partial charge in [0.15, 0.2) is 0 Å². The Labute approximate surface area is 99.2 Å². The van der Waals surface area contributed by atoms with Gasteiger partial charge in [-0.2, -0.15) is 0 Å². The minimum atomic E-state index is -0.718. The van der Waals surface area contributed by atoms with Crippen LogP contribution in [0.15, 0.2) is 12.4 Å². The summed E-state index contributed by atoms with van der Waals surface area (Å²) in [5.41, 5.74) is 5.04. The molecule has 17 heavy (non-hydrogen) atoms. The third kappa shape index (κ3) is 3.78. The largest absolute Gasteiger partial charge is 0.352 e. The van der Waals surface area contributed by atoms with Crippen LogP contribution >= 0.6 is 0 Å². The van der Waals surface area contributed by atoms with E-state index in [1.165, 1.54) is 6.20 Å². The molecule has 7 heteroatoms. The molecule has 0 spiro atoms. The average Bonchev–Trinajstić information content (AvgIpc) is 2.77. The van der Waals surface area contributed by atoms with Crippen LogP contribution in [0.4, 0.5) is 10.7 Å². The first-order valence-electron chi connectivity index (χ1n) is 5.40. The maximum absolute atomic E-state index is 11.9. The van der Waals surface area contributed by atoms with Crippen LogP contribution in [0.2, 0.25) is 0 Å². The highest BCUT2D eigenvalue weighted by Gasteiger charge is 2.25. The van der Waals surface area contributed by atoms with Crippen molar-refractivity contribution >= 4 is 17.9 Å². The summed E-state index contributed by atoms with van der Waals surface area (Å²) in [5.74, 6) is -0.0138. The summed E-state index contributed by atoms with van der Waals surface area (Å²) < 4.78 is 0. The molecule has 1 heterocycles. The Morgan fingerprint density at radius 1 is 1.59 bits per heavy atom. The molecule has 1 rings (SSSR count). The molecule has 0 radical (unpaired) electrons. The number of imidazole rings is 1. The molecule has 0 saturated carbocycles. The van der Waals surface area contributed by atoms with Crippen molar-refractivity contribution in [2.75, 3.05) is 5.32 Å². The van der Waals surface area contributed by atoms with Crippen LogP contribution in [0.5, 0.6) is 0 Å². The second kappa shape index (κ2) is 5.88. The molecule has 3 amide bonds. The molecule has 0 aromatic carbocycles. The summed E-state index contributed by atoms with van der Waals surface area (Å²) >= 11 is 0. The fourth-order valence-electron chi connectivity index (χ4n) is 1.38. The van der Waals surface area contributed by atoms with Gasteiger partial charge in [-0.1, -0.05) is 20.3 Å². The van der Waals surface area contributed by atoms with Crippen LogP contribution in [0.25, 0.3) is 0 Å². The van der Waals surface area contributed by atoms with E-state index in [2.05, 4.69) is 20.6 Å². The summed E-state index contributed by atoms with van der Waals surface area (Å²) in [5, 5.41) is 4.99. The Hall–Kier alpha value is -2.05. The number of nitrogens with zero attached hydrogens (tertiary/aromatic N) is 1.